The predicted molar refractivity (Wildman–Crippen MR) is 58.9 cm³/mol. The molecule has 0 saturated carbocycles. The highest BCUT2D eigenvalue weighted by Crippen LogP contribution is 2.28. The van der Waals surface area contributed by atoms with E-state index in [1.165, 1.54) is 18.1 Å². The van der Waals surface area contributed by atoms with Crippen LogP contribution in [0.2, 0.25) is 0 Å². The molecule has 2 rings (SSSR count). The Labute approximate surface area is 96.9 Å². The number of nitrogens with one attached hydrogen (secondary N) is 1. The maximum absolute atomic E-state index is 9.07. The van der Waals surface area contributed by atoms with Gasteiger partial charge in [0.05, 0.1) is 11.3 Å². The topological polar surface area (TPSA) is 78.2 Å². The molecule has 2 aromatic rings. The minimum Gasteiger partial charge on any atom is -0.257 e. The summed E-state index contributed by atoms with van der Waals surface area (Å²) in [6, 6.07) is 4.03. The molecule has 1 N–H and O–H groups in total. The summed E-state index contributed by atoms with van der Waals surface area (Å²) in [5, 5.41) is 16.2. The summed E-state index contributed by atoms with van der Waals surface area (Å²) >= 11 is 1.38. The van der Waals surface area contributed by atoms with Gasteiger partial charge in [-0.05, 0) is 31.7 Å². The fourth-order valence-corrected chi connectivity index (χ4v) is 2.29. The maximum atomic E-state index is 9.07. The molecule has 0 saturated heterocycles. The molecular formula is C10H9N5S. The molecule has 0 aromatic carbocycles. The van der Waals surface area contributed by atoms with Crippen molar-refractivity contribution < 1.29 is 0 Å². The lowest BCUT2D eigenvalue weighted by atomic mass is 10.2. The van der Waals surface area contributed by atoms with Gasteiger partial charge in [-0.25, -0.2) is 4.98 Å². The predicted octanol–water partition coefficient (Wildman–Crippen LogP) is 1.84. The number of H-pyrrole nitrogens is 1. The Bertz CT molecular complexity index is 541. The van der Waals surface area contributed by atoms with E-state index in [1.54, 1.807) is 0 Å². The SMILES string of the molecule is Cc1cc(Sc2ncn[nH]2)c(C#N)c(C)n1. The van der Waals surface area contributed by atoms with Crippen LogP contribution < -0.4 is 0 Å². The zero-order valence-corrected chi connectivity index (χ0v) is 9.67. The number of rotatable bonds is 2. The molecule has 0 unspecified atom stereocenters. The van der Waals surface area contributed by atoms with Gasteiger partial charge in [-0.3, -0.25) is 10.1 Å². The number of hydrogen-bond acceptors (Lipinski definition) is 5. The van der Waals surface area contributed by atoms with Crippen LogP contribution in [0.5, 0.6) is 0 Å². The monoisotopic (exact) mass is 231 g/mol. The van der Waals surface area contributed by atoms with E-state index in [2.05, 4.69) is 26.2 Å². The van der Waals surface area contributed by atoms with Crippen LogP contribution in [-0.2, 0) is 0 Å². The summed E-state index contributed by atoms with van der Waals surface area (Å²) in [5.41, 5.74) is 2.22. The number of aromatic nitrogens is 4. The van der Waals surface area contributed by atoms with E-state index in [1.807, 2.05) is 19.9 Å². The van der Waals surface area contributed by atoms with Gasteiger partial charge >= 0.3 is 0 Å². The van der Waals surface area contributed by atoms with Gasteiger partial charge in [-0.1, -0.05) is 0 Å². The second kappa shape index (κ2) is 4.33. The minimum atomic E-state index is 0.590. The average molecular weight is 231 g/mol. The quantitative estimate of drug-likeness (QED) is 0.853. The lowest BCUT2D eigenvalue weighted by Crippen LogP contribution is -1.94. The van der Waals surface area contributed by atoms with Crippen molar-refractivity contribution in [2.75, 3.05) is 0 Å². The molecule has 0 atom stereocenters. The largest absolute Gasteiger partial charge is 0.257 e. The number of pyridine rings is 1. The lowest BCUT2D eigenvalue weighted by Gasteiger charge is -2.05. The molecule has 2 heterocycles. The van der Waals surface area contributed by atoms with Crippen LogP contribution in [0.1, 0.15) is 17.0 Å². The van der Waals surface area contributed by atoms with E-state index >= 15 is 0 Å². The summed E-state index contributed by atoms with van der Waals surface area (Å²) in [5.74, 6) is 0. The Morgan fingerprint density at radius 2 is 2.25 bits per heavy atom. The Hall–Kier alpha value is -1.87. The van der Waals surface area contributed by atoms with Crippen LogP contribution in [0.25, 0.3) is 0 Å². The van der Waals surface area contributed by atoms with Crippen LogP contribution >= 0.6 is 11.8 Å². The van der Waals surface area contributed by atoms with E-state index < -0.39 is 0 Å². The van der Waals surface area contributed by atoms with Crippen LogP contribution in [-0.4, -0.2) is 20.2 Å². The van der Waals surface area contributed by atoms with E-state index in [0.29, 0.717) is 10.7 Å². The van der Waals surface area contributed by atoms with Gasteiger partial charge in [0, 0.05) is 10.6 Å². The second-order valence-electron chi connectivity index (χ2n) is 3.23. The third-order valence-electron chi connectivity index (χ3n) is 2.00. The lowest BCUT2D eigenvalue weighted by molar-refractivity contribution is 0.970. The van der Waals surface area contributed by atoms with Crippen molar-refractivity contribution in [1.82, 2.24) is 20.2 Å². The zero-order chi connectivity index (χ0) is 11.5. The van der Waals surface area contributed by atoms with Gasteiger partial charge in [-0.2, -0.15) is 10.4 Å². The van der Waals surface area contributed by atoms with Crippen LogP contribution in [0.3, 0.4) is 0 Å². The van der Waals surface area contributed by atoms with Gasteiger partial charge in [0.1, 0.15) is 12.4 Å². The molecule has 0 spiro atoms. The Morgan fingerprint density at radius 3 is 2.88 bits per heavy atom. The summed E-state index contributed by atoms with van der Waals surface area (Å²) in [6.07, 6.45) is 1.44. The zero-order valence-electron chi connectivity index (χ0n) is 8.85. The highest BCUT2D eigenvalue weighted by atomic mass is 32.2. The smallest absolute Gasteiger partial charge is 0.188 e. The van der Waals surface area contributed by atoms with Gasteiger partial charge in [-0.15, -0.1) is 0 Å². The maximum Gasteiger partial charge on any atom is 0.188 e. The Kier molecular flexibility index (Phi) is 2.88. The molecule has 0 aliphatic rings. The standard InChI is InChI=1S/C10H9N5S/c1-6-3-9(8(4-11)7(2)14-6)16-10-12-5-13-15-10/h3,5H,1-2H3,(H,12,13,15). The normalized spacial score (nSPS) is 10.1. The van der Waals surface area contributed by atoms with E-state index in [9.17, 15) is 0 Å². The molecule has 0 radical (unpaired) electrons. The first-order valence-corrected chi connectivity index (χ1v) is 5.44. The molecule has 2 aromatic heterocycles. The fraction of sp³-hybridized carbons (Fsp3) is 0.200. The summed E-state index contributed by atoms with van der Waals surface area (Å²) in [7, 11) is 0. The summed E-state index contributed by atoms with van der Waals surface area (Å²) in [6.45, 7) is 3.73. The first kappa shape index (κ1) is 10.6. The molecule has 0 amide bonds. The van der Waals surface area contributed by atoms with Crippen molar-refractivity contribution in [2.24, 2.45) is 0 Å². The summed E-state index contributed by atoms with van der Waals surface area (Å²) in [4.78, 5) is 9.12. The van der Waals surface area contributed by atoms with Gasteiger partial charge in [0.2, 0.25) is 0 Å². The van der Waals surface area contributed by atoms with Crippen LogP contribution in [0.15, 0.2) is 22.4 Å². The Morgan fingerprint density at radius 1 is 1.44 bits per heavy atom. The van der Waals surface area contributed by atoms with Crippen molar-refractivity contribution in [3.8, 4) is 6.07 Å². The van der Waals surface area contributed by atoms with Gasteiger partial charge in [0.15, 0.2) is 5.16 Å². The third-order valence-corrected chi connectivity index (χ3v) is 2.94. The number of nitrogens with zero attached hydrogens (tertiary/aromatic N) is 4. The number of aromatic amines is 1. The van der Waals surface area contributed by atoms with E-state index in [0.717, 1.165) is 16.3 Å². The highest BCUT2D eigenvalue weighted by molar-refractivity contribution is 7.99. The van der Waals surface area contributed by atoms with Crippen molar-refractivity contribution in [1.29, 1.82) is 5.26 Å². The third kappa shape index (κ3) is 2.04. The van der Waals surface area contributed by atoms with Gasteiger partial charge in [0.25, 0.3) is 0 Å². The second-order valence-corrected chi connectivity index (χ2v) is 4.26. The van der Waals surface area contributed by atoms with Crippen LogP contribution in [0.4, 0.5) is 0 Å². The molecule has 80 valence electrons. The fourth-order valence-electron chi connectivity index (χ4n) is 1.36. The van der Waals surface area contributed by atoms with E-state index in [-0.39, 0.29) is 0 Å². The molecule has 16 heavy (non-hydrogen) atoms. The van der Waals surface area contributed by atoms with Crippen LogP contribution in [0, 0.1) is 25.2 Å². The minimum absolute atomic E-state index is 0.590. The molecule has 6 heteroatoms. The molecule has 0 bridgehead atoms. The number of hydrogen-bond donors (Lipinski definition) is 1. The molecule has 0 fully saturated rings. The molecule has 5 nitrogen and oxygen atoms in total. The highest BCUT2D eigenvalue weighted by Gasteiger charge is 2.10. The van der Waals surface area contributed by atoms with Crippen molar-refractivity contribution >= 4 is 11.8 Å². The van der Waals surface area contributed by atoms with Crippen molar-refractivity contribution in [3.05, 3.63) is 29.3 Å². The van der Waals surface area contributed by atoms with Crippen molar-refractivity contribution in [3.63, 3.8) is 0 Å². The molecular weight excluding hydrogens is 222 g/mol. The Balaban J connectivity index is 2.44. The van der Waals surface area contributed by atoms with Crippen molar-refractivity contribution in [2.45, 2.75) is 23.9 Å². The molecule has 0 aliphatic heterocycles. The number of aryl methyl sites for hydroxylation is 2. The number of nitriles is 1. The summed E-state index contributed by atoms with van der Waals surface area (Å²) < 4.78 is 0. The first-order chi connectivity index (χ1) is 7.70. The molecule has 0 aliphatic carbocycles. The van der Waals surface area contributed by atoms with Gasteiger partial charge < -0.3 is 0 Å². The first-order valence-electron chi connectivity index (χ1n) is 4.62. The average Bonchev–Trinajstić information content (AvgIpc) is 2.70. The van der Waals surface area contributed by atoms with E-state index in [4.69, 9.17) is 5.26 Å².